The monoisotopic (exact) mass is 411 g/mol. The van der Waals surface area contributed by atoms with Crippen LogP contribution in [0.2, 0.25) is 5.02 Å². The lowest BCUT2D eigenvalue weighted by atomic mass is 10.1. The molecule has 28 heavy (non-hydrogen) atoms. The van der Waals surface area contributed by atoms with Crippen molar-refractivity contribution in [2.45, 2.75) is 36.4 Å². The number of fused-ring (bicyclic) bond motifs is 1. The first-order valence-electron chi connectivity index (χ1n) is 9.08. The Balaban J connectivity index is 1.73. The predicted octanol–water partition coefficient (Wildman–Crippen LogP) is 4.39. The number of hydrogen-bond donors (Lipinski definition) is 0. The summed E-state index contributed by atoms with van der Waals surface area (Å²) in [5, 5.41) is 11.0. The average Bonchev–Trinajstić information content (AvgIpc) is 3.22. The summed E-state index contributed by atoms with van der Waals surface area (Å²) in [4.78, 5) is 17.9. The van der Waals surface area contributed by atoms with E-state index in [9.17, 15) is 10.1 Å². The quantitative estimate of drug-likeness (QED) is 0.460. The van der Waals surface area contributed by atoms with Crippen LogP contribution < -0.4 is 5.56 Å². The Morgan fingerprint density at radius 3 is 2.96 bits per heavy atom. The second-order valence-electron chi connectivity index (χ2n) is 6.66. The Bertz CT molecular complexity index is 1120. The molecular weight excluding hydrogens is 394 g/mol. The summed E-state index contributed by atoms with van der Waals surface area (Å²) < 4.78 is 7.44. The van der Waals surface area contributed by atoms with Crippen LogP contribution in [0.15, 0.2) is 52.4 Å². The molecule has 142 valence electrons. The molecule has 2 aromatic carbocycles. The summed E-state index contributed by atoms with van der Waals surface area (Å²) in [7, 11) is 0. The van der Waals surface area contributed by atoms with Gasteiger partial charge in [0.1, 0.15) is 0 Å². The lowest BCUT2D eigenvalue weighted by Gasteiger charge is -2.16. The number of thioether (sulfide) groups is 1. The third-order valence-electron chi connectivity index (χ3n) is 4.79. The fraction of sp³-hybridized carbons (Fsp3) is 0.286. The summed E-state index contributed by atoms with van der Waals surface area (Å²) in [6.07, 6.45) is 1.97. The van der Waals surface area contributed by atoms with Crippen molar-refractivity contribution in [3.63, 3.8) is 0 Å². The highest BCUT2D eigenvalue weighted by Gasteiger charge is 2.20. The molecular formula is C21H18ClN3O2S. The van der Waals surface area contributed by atoms with E-state index in [2.05, 4.69) is 6.07 Å². The number of aromatic nitrogens is 2. The minimum Gasteiger partial charge on any atom is -0.376 e. The Labute approximate surface area is 171 Å². The van der Waals surface area contributed by atoms with Crippen LogP contribution in [0.4, 0.5) is 0 Å². The van der Waals surface area contributed by atoms with Crippen molar-refractivity contribution < 1.29 is 4.74 Å². The fourth-order valence-corrected chi connectivity index (χ4v) is 4.51. The first-order chi connectivity index (χ1) is 13.7. The molecule has 1 aliphatic rings. The van der Waals surface area contributed by atoms with Gasteiger partial charge in [-0.25, -0.2) is 4.98 Å². The molecule has 0 radical (unpaired) electrons. The van der Waals surface area contributed by atoms with E-state index in [1.807, 2.05) is 18.2 Å². The zero-order valence-electron chi connectivity index (χ0n) is 15.1. The molecule has 0 aliphatic carbocycles. The largest absolute Gasteiger partial charge is 0.376 e. The number of halogens is 1. The van der Waals surface area contributed by atoms with E-state index < -0.39 is 0 Å². The zero-order chi connectivity index (χ0) is 19.5. The van der Waals surface area contributed by atoms with E-state index in [4.69, 9.17) is 21.3 Å². The van der Waals surface area contributed by atoms with Gasteiger partial charge in [-0.15, -0.1) is 0 Å². The Hall–Kier alpha value is -2.33. The van der Waals surface area contributed by atoms with Gasteiger partial charge in [0.25, 0.3) is 5.56 Å². The van der Waals surface area contributed by atoms with Crippen molar-refractivity contribution in [2.24, 2.45) is 0 Å². The van der Waals surface area contributed by atoms with E-state index in [0.717, 1.165) is 25.0 Å². The zero-order valence-corrected chi connectivity index (χ0v) is 16.7. The molecule has 0 N–H and O–H groups in total. The molecule has 7 heteroatoms. The molecule has 0 saturated carbocycles. The van der Waals surface area contributed by atoms with Gasteiger partial charge in [-0.3, -0.25) is 9.36 Å². The highest BCUT2D eigenvalue weighted by atomic mass is 35.5. The molecule has 1 aromatic heterocycles. The van der Waals surface area contributed by atoms with Gasteiger partial charge >= 0.3 is 0 Å². The van der Waals surface area contributed by atoms with Gasteiger partial charge in [0.05, 0.1) is 35.2 Å². The molecule has 1 atom stereocenters. The molecule has 4 rings (SSSR count). The lowest BCUT2D eigenvalue weighted by molar-refractivity contribution is 0.0937. The summed E-state index contributed by atoms with van der Waals surface area (Å²) in [6, 6.07) is 14.8. The van der Waals surface area contributed by atoms with Crippen molar-refractivity contribution in [1.82, 2.24) is 9.55 Å². The number of rotatable bonds is 5. The Morgan fingerprint density at radius 2 is 2.18 bits per heavy atom. The summed E-state index contributed by atoms with van der Waals surface area (Å²) >= 11 is 7.55. The third kappa shape index (κ3) is 3.93. The van der Waals surface area contributed by atoms with Crippen LogP contribution >= 0.6 is 23.4 Å². The smallest absolute Gasteiger partial charge is 0.262 e. The maximum absolute atomic E-state index is 13.1. The second-order valence-corrected chi connectivity index (χ2v) is 8.04. The maximum atomic E-state index is 13.1. The summed E-state index contributed by atoms with van der Waals surface area (Å²) in [5.74, 6) is 0.549. The van der Waals surface area contributed by atoms with Gasteiger partial charge in [-0.2, -0.15) is 5.26 Å². The number of ether oxygens (including phenoxy) is 1. The van der Waals surface area contributed by atoms with E-state index in [-0.39, 0.29) is 11.7 Å². The fourth-order valence-electron chi connectivity index (χ4n) is 3.33. The van der Waals surface area contributed by atoms with Crippen molar-refractivity contribution >= 4 is 34.3 Å². The molecule has 0 amide bonds. The molecule has 3 aromatic rings. The van der Waals surface area contributed by atoms with Crippen LogP contribution in [0.3, 0.4) is 0 Å². The van der Waals surface area contributed by atoms with E-state index in [0.29, 0.717) is 38.9 Å². The van der Waals surface area contributed by atoms with Crippen LogP contribution in [-0.4, -0.2) is 22.3 Å². The number of benzene rings is 2. The number of hydrogen-bond acceptors (Lipinski definition) is 5. The van der Waals surface area contributed by atoms with Crippen molar-refractivity contribution in [2.75, 3.05) is 6.61 Å². The highest BCUT2D eigenvalue weighted by Crippen LogP contribution is 2.26. The van der Waals surface area contributed by atoms with Gasteiger partial charge < -0.3 is 4.74 Å². The van der Waals surface area contributed by atoms with Gasteiger partial charge in [0, 0.05) is 17.4 Å². The standard InChI is InChI=1S/C21H18ClN3O2S/c22-16-7-8-18-19(10-16)24-21(25(20(18)26)12-17-6-3-9-27-17)28-13-15-5-2-1-4-14(15)11-23/h1-2,4-5,7-8,10,17H,3,6,9,12-13H2/t17-/m0/s1. The average molecular weight is 412 g/mol. The van der Waals surface area contributed by atoms with E-state index in [1.54, 1.807) is 28.8 Å². The number of nitriles is 1. The topological polar surface area (TPSA) is 67.9 Å². The molecule has 1 aliphatic heterocycles. The first kappa shape index (κ1) is 19.0. The van der Waals surface area contributed by atoms with Crippen LogP contribution in [0.5, 0.6) is 0 Å². The molecule has 2 heterocycles. The third-order valence-corrected chi connectivity index (χ3v) is 6.05. The first-order valence-corrected chi connectivity index (χ1v) is 10.4. The molecule has 5 nitrogen and oxygen atoms in total. The second kappa shape index (κ2) is 8.36. The van der Waals surface area contributed by atoms with E-state index >= 15 is 0 Å². The molecule has 1 fully saturated rings. The molecule has 1 saturated heterocycles. The Kier molecular flexibility index (Phi) is 5.67. The van der Waals surface area contributed by atoms with Crippen molar-refractivity contribution in [3.8, 4) is 6.07 Å². The molecule has 0 unspecified atom stereocenters. The highest BCUT2D eigenvalue weighted by molar-refractivity contribution is 7.98. The predicted molar refractivity (Wildman–Crippen MR) is 111 cm³/mol. The van der Waals surface area contributed by atoms with Crippen LogP contribution in [0, 0.1) is 11.3 Å². The summed E-state index contributed by atoms with van der Waals surface area (Å²) in [5.41, 5.74) is 2.04. The van der Waals surface area contributed by atoms with Gasteiger partial charge in [-0.1, -0.05) is 41.6 Å². The Morgan fingerprint density at radius 1 is 1.32 bits per heavy atom. The lowest BCUT2D eigenvalue weighted by Crippen LogP contribution is -2.28. The van der Waals surface area contributed by atoms with Gasteiger partial charge in [0.2, 0.25) is 0 Å². The van der Waals surface area contributed by atoms with Crippen LogP contribution in [0.25, 0.3) is 10.9 Å². The van der Waals surface area contributed by atoms with Crippen molar-refractivity contribution in [1.29, 1.82) is 5.26 Å². The molecule has 0 bridgehead atoms. The minimum absolute atomic E-state index is 0.0231. The van der Waals surface area contributed by atoms with Gasteiger partial charge in [0.15, 0.2) is 5.16 Å². The van der Waals surface area contributed by atoms with Gasteiger partial charge in [-0.05, 0) is 42.7 Å². The maximum Gasteiger partial charge on any atom is 0.262 e. The van der Waals surface area contributed by atoms with Crippen LogP contribution in [-0.2, 0) is 17.0 Å². The van der Waals surface area contributed by atoms with Crippen molar-refractivity contribution in [3.05, 3.63) is 69.0 Å². The normalized spacial score (nSPS) is 16.4. The minimum atomic E-state index is -0.0896. The van der Waals surface area contributed by atoms with E-state index in [1.165, 1.54) is 11.8 Å². The van der Waals surface area contributed by atoms with Crippen LogP contribution in [0.1, 0.15) is 24.0 Å². The SMILES string of the molecule is N#Cc1ccccc1CSc1nc2cc(Cl)ccc2c(=O)n1C[C@@H]1CCCO1. The summed E-state index contributed by atoms with van der Waals surface area (Å²) in [6.45, 7) is 1.21. The number of nitrogens with zero attached hydrogens (tertiary/aromatic N) is 3. The molecule has 0 spiro atoms.